The Balaban J connectivity index is 2.58. The first-order valence-electron chi connectivity index (χ1n) is 6.38. The Morgan fingerprint density at radius 2 is 2.00 bits per heavy atom. The van der Waals surface area contributed by atoms with E-state index in [0.717, 1.165) is 12.8 Å². The van der Waals surface area contributed by atoms with Crippen LogP contribution in [0.2, 0.25) is 0 Å². The molecule has 0 bridgehead atoms. The number of para-hydroxylation sites is 1. The van der Waals surface area contributed by atoms with Crippen LogP contribution in [0.5, 0.6) is 5.75 Å². The number of carbonyl (C=O) groups excluding carboxylic acids is 1. The van der Waals surface area contributed by atoms with Crippen LogP contribution in [0, 0.1) is 0 Å². The van der Waals surface area contributed by atoms with E-state index < -0.39 is 5.97 Å². The van der Waals surface area contributed by atoms with Gasteiger partial charge in [0.25, 0.3) is 0 Å². The van der Waals surface area contributed by atoms with Crippen molar-refractivity contribution in [2.45, 2.75) is 19.8 Å². The summed E-state index contributed by atoms with van der Waals surface area (Å²) < 4.78 is 15.5. The van der Waals surface area contributed by atoms with Gasteiger partial charge in [0, 0.05) is 13.7 Å². The van der Waals surface area contributed by atoms with Gasteiger partial charge in [-0.05, 0) is 31.9 Å². The Kier molecular flexibility index (Phi) is 6.74. The third kappa shape index (κ3) is 4.79. The third-order valence-electron chi connectivity index (χ3n) is 2.53. The van der Waals surface area contributed by atoms with Gasteiger partial charge in [0.1, 0.15) is 5.56 Å². The molecule has 0 heterocycles. The topological polar surface area (TPSA) is 70.8 Å². The van der Waals surface area contributed by atoms with Gasteiger partial charge in [-0.15, -0.1) is 0 Å². The predicted molar refractivity (Wildman–Crippen MR) is 73.4 cm³/mol. The molecule has 0 aliphatic heterocycles. The van der Waals surface area contributed by atoms with Crippen molar-refractivity contribution in [1.29, 1.82) is 0 Å². The van der Waals surface area contributed by atoms with E-state index in [1.165, 1.54) is 0 Å². The number of hydrogen-bond acceptors (Lipinski definition) is 5. The lowest BCUT2D eigenvalue weighted by Crippen LogP contribution is -2.10. The van der Waals surface area contributed by atoms with Gasteiger partial charge in [0.05, 0.1) is 18.9 Å². The normalized spacial score (nSPS) is 10.2. The zero-order valence-electron chi connectivity index (χ0n) is 11.5. The number of esters is 1. The second-order valence-electron chi connectivity index (χ2n) is 3.99. The number of benzene rings is 1. The minimum absolute atomic E-state index is 0.364. The van der Waals surface area contributed by atoms with Crippen LogP contribution in [0.3, 0.4) is 0 Å². The van der Waals surface area contributed by atoms with Crippen LogP contribution < -0.4 is 10.5 Å². The molecular formula is C14H21NO4. The highest BCUT2D eigenvalue weighted by molar-refractivity contribution is 5.94. The molecule has 0 atom stereocenters. The van der Waals surface area contributed by atoms with Crippen molar-refractivity contribution in [2.24, 2.45) is 0 Å². The number of unbranched alkanes of at least 4 members (excludes halogenated alkanes) is 1. The molecule has 1 aromatic carbocycles. The van der Waals surface area contributed by atoms with Crippen LogP contribution in [0.15, 0.2) is 18.2 Å². The van der Waals surface area contributed by atoms with Crippen LogP contribution in [-0.2, 0) is 9.47 Å². The molecule has 0 unspecified atom stereocenters. The van der Waals surface area contributed by atoms with E-state index in [9.17, 15) is 4.79 Å². The van der Waals surface area contributed by atoms with Crippen molar-refractivity contribution in [3.05, 3.63) is 23.8 Å². The summed E-state index contributed by atoms with van der Waals surface area (Å²) in [6.45, 7) is 3.32. The Labute approximate surface area is 113 Å². The lowest BCUT2D eigenvalue weighted by Gasteiger charge is -2.12. The summed E-state index contributed by atoms with van der Waals surface area (Å²) in [6, 6.07) is 5.05. The van der Waals surface area contributed by atoms with E-state index in [1.54, 1.807) is 25.3 Å². The van der Waals surface area contributed by atoms with E-state index in [1.807, 2.05) is 6.92 Å². The fraction of sp³-hybridized carbons (Fsp3) is 0.500. The molecule has 106 valence electrons. The molecule has 5 nitrogen and oxygen atoms in total. The quantitative estimate of drug-likeness (QED) is 0.444. The maximum atomic E-state index is 11.9. The number of rotatable bonds is 8. The summed E-state index contributed by atoms with van der Waals surface area (Å²) in [6.07, 6.45) is 1.63. The first-order chi connectivity index (χ1) is 9.20. The summed E-state index contributed by atoms with van der Waals surface area (Å²) >= 11 is 0. The summed E-state index contributed by atoms with van der Waals surface area (Å²) in [5.41, 5.74) is 6.60. The fourth-order valence-electron chi connectivity index (χ4n) is 1.61. The van der Waals surface area contributed by atoms with E-state index in [4.69, 9.17) is 19.9 Å². The monoisotopic (exact) mass is 267 g/mol. The Hall–Kier alpha value is -1.75. The lowest BCUT2D eigenvalue weighted by molar-refractivity contribution is 0.0485. The number of nitrogens with two attached hydrogens (primary N) is 1. The fourth-order valence-corrected chi connectivity index (χ4v) is 1.61. The van der Waals surface area contributed by atoms with Gasteiger partial charge in [-0.2, -0.15) is 0 Å². The average Bonchev–Trinajstić information content (AvgIpc) is 2.41. The van der Waals surface area contributed by atoms with Crippen molar-refractivity contribution in [1.82, 2.24) is 0 Å². The standard InChI is InChI=1S/C14H21NO4/c1-3-18-13-11(7-6-8-12(13)15)14(16)19-10-5-4-9-17-2/h6-8H,3-5,9-10,15H2,1-2H3. The Morgan fingerprint density at radius 1 is 1.26 bits per heavy atom. The molecule has 5 heteroatoms. The van der Waals surface area contributed by atoms with Crippen molar-refractivity contribution >= 4 is 11.7 Å². The molecule has 19 heavy (non-hydrogen) atoms. The van der Waals surface area contributed by atoms with Gasteiger partial charge in [-0.25, -0.2) is 4.79 Å². The summed E-state index contributed by atoms with van der Waals surface area (Å²) in [5, 5.41) is 0. The van der Waals surface area contributed by atoms with Crippen LogP contribution in [0.25, 0.3) is 0 Å². The Morgan fingerprint density at radius 3 is 2.68 bits per heavy atom. The summed E-state index contributed by atoms with van der Waals surface area (Å²) in [4.78, 5) is 11.9. The zero-order valence-corrected chi connectivity index (χ0v) is 11.5. The van der Waals surface area contributed by atoms with Gasteiger partial charge in [0.2, 0.25) is 0 Å². The predicted octanol–water partition coefficient (Wildman–Crippen LogP) is 2.25. The maximum absolute atomic E-state index is 11.9. The molecule has 1 rings (SSSR count). The van der Waals surface area contributed by atoms with Gasteiger partial charge in [0.15, 0.2) is 5.75 Å². The van der Waals surface area contributed by atoms with Crippen molar-refractivity contribution < 1.29 is 19.0 Å². The minimum Gasteiger partial charge on any atom is -0.491 e. The van der Waals surface area contributed by atoms with Gasteiger partial charge >= 0.3 is 5.97 Å². The molecule has 0 saturated heterocycles. The van der Waals surface area contributed by atoms with Crippen LogP contribution >= 0.6 is 0 Å². The molecule has 2 N–H and O–H groups in total. The van der Waals surface area contributed by atoms with E-state index in [2.05, 4.69) is 0 Å². The maximum Gasteiger partial charge on any atom is 0.342 e. The number of nitrogen functional groups attached to an aromatic ring is 1. The molecule has 0 spiro atoms. The molecule has 1 aromatic rings. The van der Waals surface area contributed by atoms with Crippen LogP contribution in [0.4, 0.5) is 5.69 Å². The lowest BCUT2D eigenvalue weighted by atomic mass is 10.1. The Bertz CT molecular complexity index is 406. The SMILES string of the molecule is CCOc1c(N)cccc1C(=O)OCCCCOC. The largest absolute Gasteiger partial charge is 0.491 e. The number of anilines is 1. The number of ether oxygens (including phenoxy) is 3. The molecule has 0 radical (unpaired) electrons. The highest BCUT2D eigenvalue weighted by Gasteiger charge is 2.15. The molecule has 0 fully saturated rings. The van der Waals surface area contributed by atoms with Crippen LogP contribution in [-0.4, -0.2) is 32.9 Å². The summed E-state index contributed by atoms with van der Waals surface area (Å²) in [5.74, 6) is -0.0138. The second-order valence-corrected chi connectivity index (χ2v) is 3.99. The van der Waals surface area contributed by atoms with Crippen LogP contribution in [0.1, 0.15) is 30.1 Å². The highest BCUT2D eigenvalue weighted by atomic mass is 16.5. The van der Waals surface area contributed by atoms with Crippen molar-refractivity contribution in [3.63, 3.8) is 0 Å². The van der Waals surface area contributed by atoms with E-state index in [0.29, 0.717) is 36.8 Å². The van der Waals surface area contributed by atoms with E-state index in [-0.39, 0.29) is 0 Å². The minimum atomic E-state index is -0.409. The number of hydrogen-bond donors (Lipinski definition) is 1. The third-order valence-corrected chi connectivity index (χ3v) is 2.53. The summed E-state index contributed by atoms with van der Waals surface area (Å²) in [7, 11) is 1.65. The van der Waals surface area contributed by atoms with Crippen molar-refractivity contribution in [3.8, 4) is 5.75 Å². The molecular weight excluding hydrogens is 246 g/mol. The average molecular weight is 267 g/mol. The first kappa shape index (κ1) is 15.3. The smallest absolute Gasteiger partial charge is 0.342 e. The zero-order chi connectivity index (χ0) is 14.1. The number of carbonyl (C=O) groups is 1. The van der Waals surface area contributed by atoms with Gasteiger partial charge in [-0.1, -0.05) is 6.07 Å². The molecule has 0 amide bonds. The molecule has 0 aliphatic carbocycles. The molecule has 0 aliphatic rings. The molecule has 0 aromatic heterocycles. The van der Waals surface area contributed by atoms with Gasteiger partial charge < -0.3 is 19.9 Å². The number of methoxy groups -OCH3 is 1. The van der Waals surface area contributed by atoms with Gasteiger partial charge in [-0.3, -0.25) is 0 Å². The second kappa shape index (κ2) is 8.37. The highest BCUT2D eigenvalue weighted by Crippen LogP contribution is 2.27. The van der Waals surface area contributed by atoms with E-state index >= 15 is 0 Å². The van der Waals surface area contributed by atoms with Crippen molar-refractivity contribution in [2.75, 3.05) is 32.7 Å². The molecule has 0 saturated carbocycles. The first-order valence-corrected chi connectivity index (χ1v) is 6.38.